The fourth-order valence-electron chi connectivity index (χ4n) is 3.46. The molecule has 136 valence electrons. The molecule has 4 aromatic heterocycles. The number of aromatic nitrogens is 7. The largest absolute Gasteiger partial charge is 0.332 e. The number of aromatic amines is 1. The van der Waals surface area contributed by atoms with Crippen LogP contribution in [-0.4, -0.2) is 35.1 Å². The normalized spacial score (nSPS) is 14.4. The number of aryl methyl sites for hydroxylation is 2. The maximum Gasteiger partial charge on any atom is 0.276 e. The van der Waals surface area contributed by atoms with Gasteiger partial charge in [0.15, 0.2) is 0 Å². The molecule has 4 heterocycles. The lowest BCUT2D eigenvalue weighted by atomic mass is 9.80. The first-order chi connectivity index (χ1) is 13.2. The van der Waals surface area contributed by atoms with Crippen molar-refractivity contribution < 1.29 is 4.52 Å². The Morgan fingerprint density at radius 3 is 2.74 bits per heavy atom. The molecule has 0 unspecified atom stereocenters. The number of hydrogen-bond acceptors (Lipinski definition) is 6. The lowest BCUT2D eigenvalue weighted by Gasteiger charge is -2.24. The van der Waals surface area contributed by atoms with Crippen LogP contribution in [0.5, 0.6) is 0 Å². The SMILES string of the molecule is Cc1cc(C)n(-c2ccc(-c3noc(-c4[nH]ncc4C4CCC4)n3)nc2)n1. The highest BCUT2D eigenvalue weighted by molar-refractivity contribution is 5.58. The van der Waals surface area contributed by atoms with E-state index in [9.17, 15) is 0 Å². The zero-order valence-electron chi connectivity index (χ0n) is 15.2. The Labute approximate surface area is 155 Å². The van der Waals surface area contributed by atoms with E-state index in [4.69, 9.17) is 4.52 Å². The van der Waals surface area contributed by atoms with E-state index in [0.29, 0.717) is 23.3 Å². The molecule has 0 aromatic carbocycles. The molecule has 1 fully saturated rings. The third-order valence-electron chi connectivity index (χ3n) is 5.08. The molecule has 8 heteroatoms. The first-order valence-corrected chi connectivity index (χ1v) is 9.06. The summed E-state index contributed by atoms with van der Waals surface area (Å²) in [4.78, 5) is 9.00. The Morgan fingerprint density at radius 1 is 1.19 bits per heavy atom. The van der Waals surface area contributed by atoms with Crippen LogP contribution >= 0.6 is 0 Å². The van der Waals surface area contributed by atoms with E-state index in [0.717, 1.165) is 28.3 Å². The Bertz CT molecular complexity index is 1090. The van der Waals surface area contributed by atoms with Gasteiger partial charge < -0.3 is 4.52 Å². The van der Waals surface area contributed by atoms with Crippen LogP contribution in [0, 0.1) is 13.8 Å². The summed E-state index contributed by atoms with van der Waals surface area (Å²) in [5.41, 5.74) is 5.56. The second kappa shape index (κ2) is 6.15. The second-order valence-corrected chi connectivity index (χ2v) is 6.99. The summed E-state index contributed by atoms with van der Waals surface area (Å²) in [6, 6.07) is 5.86. The predicted octanol–water partition coefficient (Wildman–Crippen LogP) is 3.59. The Hall–Kier alpha value is -3.29. The number of nitrogens with one attached hydrogen (secondary N) is 1. The van der Waals surface area contributed by atoms with Gasteiger partial charge in [-0.25, -0.2) is 4.68 Å². The van der Waals surface area contributed by atoms with Crippen LogP contribution in [0.1, 0.15) is 42.1 Å². The standard InChI is InChI=1S/C19H19N7O/c1-11-8-12(2)26(24-11)14-6-7-16(20-9-14)18-22-19(27-25-18)17-15(10-21-23-17)13-4-3-5-13/h6-10,13H,3-5H2,1-2H3,(H,21,23). The average Bonchev–Trinajstić information content (AvgIpc) is 3.33. The van der Waals surface area contributed by atoms with Crippen LogP contribution < -0.4 is 0 Å². The number of nitrogens with zero attached hydrogens (tertiary/aromatic N) is 6. The van der Waals surface area contributed by atoms with E-state index >= 15 is 0 Å². The third-order valence-corrected chi connectivity index (χ3v) is 5.08. The first-order valence-electron chi connectivity index (χ1n) is 9.06. The minimum absolute atomic E-state index is 0.453. The Morgan fingerprint density at radius 2 is 2.07 bits per heavy atom. The highest BCUT2D eigenvalue weighted by atomic mass is 16.5. The molecule has 0 amide bonds. The van der Waals surface area contributed by atoms with Crippen LogP contribution in [0.4, 0.5) is 0 Å². The summed E-state index contributed by atoms with van der Waals surface area (Å²) >= 11 is 0. The third kappa shape index (κ3) is 2.73. The molecule has 0 aliphatic heterocycles. The van der Waals surface area contributed by atoms with E-state index in [1.54, 1.807) is 6.20 Å². The highest BCUT2D eigenvalue weighted by Gasteiger charge is 2.26. The van der Waals surface area contributed by atoms with Gasteiger partial charge in [-0.05, 0) is 50.8 Å². The van der Waals surface area contributed by atoms with Crippen LogP contribution in [0.25, 0.3) is 28.8 Å². The monoisotopic (exact) mass is 361 g/mol. The van der Waals surface area contributed by atoms with E-state index < -0.39 is 0 Å². The van der Waals surface area contributed by atoms with E-state index in [1.165, 1.54) is 19.3 Å². The maximum absolute atomic E-state index is 5.47. The van der Waals surface area contributed by atoms with Crippen molar-refractivity contribution in [2.24, 2.45) is 0 Å². The van der Waals surface area contributed by atoms with Gasteiger partial charge in [-0.2, -0.15) is 15.2 Å². The molecule has 27 heavy (non-hydrogen) atoms. The van der Waals surface area contributed by atoms with Crippen molar-refractivity contribution in [1.29, 1.82) is 0 Å². The van der Waals surface area contributed by atoms with Crippen LogP contribution in [0.15, 0.2) is 35.1 Å². The fourth-order valence-corrected chi connectivity index (χ4v) is 3.46. The molecule has 1 aliphatic rings. The first kappa shape index (κ1) is 15.9. The highest BCUT2D eigenvalue weighted by Crippen LogP contribution is 2.40. The van der Waals surface area contributed by atoms with E-state index in [-0.39, 0.29) is 0 Å². The molecule has 8 nitrogen and oxygen atoms in total. The second-order valence-electron chi connectivity index (χ2n) is 6.99. The molecule has 0 atom stereocenters. The lowest BCUT2D eigenvalue weighted by molar-refractivity contribution is 0.412. The van der Waals surface area contributed by atoms with Crippen molar-refractivity contribution in [2.75, 3.05) is 0 Å². The molecule has 5 rings (SSSR count). The summed E-state index contributed by atoms with van der Waals surface area (Å²) in [5.74, 6) is 1.44. The molecule has 1 aliphatic carbocycles. The van der Waals surface area contributed by atoms with Crippen molar-refractivity contribution in [3.8, 4) is 28.8 Å². The van der Waals surface area contributed by atoms with Gasteiger partial charge in [-0.15, -0.1) is 0 Å². The fraction of sp³-hybridized carbons (Fsp3) is 0.316. The minimum atomic E-state index is 0.453. The molecule has 0 radical (unpaired) electrons. The van der Waals surface area contributed by atoms with E-state index in [2.05, 4.69) is 30.4 Å². The molecule has 1 N–H and O–H groups in total. The van der Waals surface area contributed by atoms with Gasteiger partial charge in [0, 0.05) is 11.3 Å². The van der Waals surface area contributed by atoms with Gasteiger partial charge in [0.05, 0.1) is 23.8 Å². The molecular weight excluding hydrogens is 342 g/mol. The van der Waals surface area contributed by atoms with Crippen molar-refractivity contribution in [2.45, 2.75) is 39.0 Å². The number of rotatable bonds is 4. The van der Waals surface area contributed by atoms with Gasteiger partial charge in [-0.1, -0.05) is 11.6 Å². The summed E-state index contributed by atoms with van der Waals surface area (Å²) in [5, 5.41) is 15.7. The lowest BCUT2D eigenvalue weighted by Crippen LogP contribution is -2.08. The average molecular weight is 361 g/mol. The minimum Gasteiger partial charge on any atom is -0.332 e. The quantitative estimate of drug-likeness (QED) is 0.596. The Balaban J connectivity index is 1.43. The summed E-state index contributed by atoms with van der Waals surface area (Å²) in [6.45, 7) is 3.99. The molecular formula is C19H19N7O. The van der Waals surface area contributed by atoms with Crippen molar-refractivity contribution in [3.63, 3.8) is 0 Å². The summed E-state index contributed by atoms with van der Waals surface area (Å²) in [7, 11) is 0. The van der Waals surface area contributed by atoms with Crippen LogP contribution in [-0.2, 0) is 0 Å². The smallest absolute Gasteiger partial charge is 0.276 e. The van der Waals surface area contributed by atoms with Gasteiger partial charge in [0.25, 0.3) is 5.89 Å². The molecule has 0 saturated heterocycles. The topological polar surface area (TPSA) is 98.3 Å². The predicted molar refractivity (Wildman–Crippen MR) is 98.3 cm³/mol. The molecule has 0 bridgehead atoms. The van der Waals surface area contributed by atoms with Gasteiger partial charge in [-0.3, -0.25) is 10.1 Å². The van der Waals surface area contributed by atoms with Crippen molar-refractivity contribution in [3.05, 3.63) is 47.5 Å². The van der Waals surface area contributed by atoms with Gasteiger partial charge in [0.2, 0.25) is 5.82 Å². The molecule has 1 saturated carbocycles. The van der Waals surface area contributed by atoms with Gasteiger partial charge in [0.1, 0.15) is 11.4 Å². The van der Waals surface area contributed by atoms with E-state index in [1.807, 2.05) is 42.9 Å². The van der Waals surface area contributed by atoms with Crippen molar-refractivity contribution >= 4 is 0 Å². The number of H-pyrrole nitrogens is 1. The molecule has 4 aromatic rings. The summed E-state index contributed by atoms with van der Waals surface area (Å²) in [6.07, 6.45) is 7.26. The Kier molecular flexibility index (Phi) is 3.63. The maximum atomic E-state index is 5.47. The van der Waals surface area contributed by atoms with Crippen molar-refractivity contribution in [1.82, 2.24) is 35.1 Å². The van der Waals surface area contributed by atoms with Crippen LogP contribution in [0.3, 0.4) is 0 Å². The zero-order valence-corrected chi connectivity index (χ0v) is 15.2. The van der Waals surface area contributed by atoms with Crippen LogP contribution in [0.2, 0.25) is 0 Å². The summed E-state index contributed by atoms with van der Waals surface area (Å²) < 4.78 is 7.33. The van der Waals surface area contributed by atoms with Gasteiger partial charge >= 0.3 is 0 Å². The number of hydrogen-bond donors (Lipinski definition) is 1. The number of pyridine rings is 1. The zero-order chi connectivity index (χ0) is 18.4. The molecule has 0 spiro atoms.